The van der Waals surface area contributed by atoms with Crippen molar-refractivity contribution in [2.45, 2.75) is 6.42 Å². The van der Waals surface area contributed by atoms with Gasteiger partial charge in [-0.25, -0.2) is 0 Å². The van der Waals surface area contributed by atoms with Gasteiger partial charge in [0.15, 0.2) is 0 Å². The van der Waals surface area contributed by atoms with Crippen LogP contribution in [0.2, 0.25) is 0 Å². The molecule has 122 valence electrons. The number of hydrogen-bond acceptors (Lipinski definition) is 3. The number of nitrogens with zero attached hydrogens (tertiary/aromatic N) is 3. The van der Waals surface area contributed by atoms with Crippen LogP contribution in [0.15, 0.2) is 48.7 Å². The number of aromatic nitrogens is 1. The summed E-state index contributed by atoms with van der Waals surface area (Å²) >= 11 is 0. The number of rotatable bonds is 3. The Morgan fingerprint density at radius 1 is 1.04 bits per heavy atom. The highest BCUT2D eigenvalue weighted by atomic mass is 16.2. The minimum atomic E-state index is -0.237. The SMILES string of the molecule is Cn1cc(CCN2C(=O)c3ccccc3C2=O)c2cc(C#N)ccc21. The van der Waals surface area contributed by atoms with Gasteiger partial charge in [-0.15, -0.1) is 0 Å². The van der Waals surface area contributed by atoms with Crippen LogP contribution in [0.25, 0.3) is 10.9 Å². The molecule has 0 saturated heterocycles. The lowest BCUT2D eigenvalue weighted by atomic mass is 10.1. The summed E-state index contributed by atoms with van der Waals surface area (Å²) in [5.74, 6) is -0.475. The summed E-state index contributed by atoms with van der Waals surface area (Å²) in [5.41, 5.74) is 3.58. The summed E-state index contributed by atoms with van der Waals surface area (Å²) in [7, 11) is 1.94. The standard InChI is InChI=1S/C20H15N3O2/c1-22-12-14(17-10-13(11-21)6-7-18(17)22)8-9-23-19(24)15-4-2-3-5-16(15)20(23)25/h2-7,10,12H,8-9H2,1H3. The van der Waals surface area contributed by atoms with E-state index in [1.807, 2.05) is 29.9 Å². The number of benzene rings is 2. The molecule has 2 heterocycles. The molecule has 0 bridgehead atoms. The maximum Gasteiger partial charge on any atom is 0.261 e. The number of carbonyl (C=O) groups excluding carboxylic acids is 2. The van der Waals surface area contributed by atoms with Crippen LogP contribution in [-0.4, -0.2) is 27.8 Å². The van der Waals surface area contributed by atoms with Crippen LogP contribution >= 0.6 is 0 Å². The molecule has 0 spiro atoms. The Hall–Kier alpha value is -3.39. The minimum absolute atomic E-state index is 0.237. The van der Waals surface area contributed by atoms with Gasteiger partial charge >= 0.3 is 0 Å². The van der Waals surface area contributed by atoms with Gasteiger partial charge in [0.1, 0.15) is 0 Å². The van der Waals surface area contributed by atoms with Crippen molar-refractivity contribution in [1.29, 1.82) is 5.26 Å². The van der Waals surface area contributed by atoms with Crippen molar-refractivity contribution in [3.05, 3.63) is 70.9 Å². The zero-order valence-corrected chi connectivity index (χ0v) is 13.7. The lowest BCUT2D eigenvalue weighted by molar-refractivity contribution is 0.0656. The second kappa shape index (κ2) is 5.60. The highest BCUT2D eigenvalue weighted by molar-refractivity contribution is 6.21. The van der Waals surface area contributed by atoms with Gasteiger partial charge in [-0.3, -0.25) is 14.5 Å². The van der Waals surface area contributed by atoms with Crippen LogP contribution in [0.3, 0.4) is 0 Å². The Labute approximate surface area is 144 Å². The third kappa shape index (κ3) is 2.31. The molecule has 3 aromatic rings. The van der Waals surface area contributed by atoms with Crippen LogP contribution < -0.4 is 0 Å². The van der Waals surface area contributed by atoms with Crippen LogP contribution in [0.4, 0.5) is 0 Å². The van der Waals surface area contributed by atoms with E-state index in [4.69, 9.17) is 5.26 Å². The monoisotopic (exact) mass is 329 g/mol. The van der Waals surface area contributed by atoms with Crippen LogP contribution in [0, 0.1) is 11.3 Å². The third-order valence-corrected chi connectivity index (χ3v) is 4.68. The van der Waals surface area contributed by atoms with Crippen LogP contribution in [-0.2, 0) is 13.5 Å². The van der Waals surface area contributed by atoms with E-state index in [1.54, 1.807) is 30.3 Å². The number of amides is 2. The Balaban J connectivity index is 1.63. The Morgan fingerprint density at radius 2 is 1.72 bits per heavy atom. The third-order valence-electron chi connectivity index (χ3n) is 4.68. The van der Waals surface area contributed by atoms with E-state index in [9.17, 15) is 9.59 Å². The van der Waals surface area contributed by atoms with E-state index in [2.05, 4.69) is 6.07 Å². The molecule has 0 aliphatic carbocycles. The fourth-order valence-electron chi connectivity index (χ4n) is 3.42. The molecule has 5 nitrogen and oxygen atoms in total. The average Bonchev–Trinajstić information content (AvgIpc) is 3.08. The first-order chi connectivity index (χ1) is 12.1. The van der Waals surface area contributed by atoms with Crippen LogP contribution in [0.5, 0.6) is 0 Å². The Morgan fingerprint density at radius 3 is 2.36 bits per heavy atom. The molecule has 0 atom stereocenters. The molecule has 0 saturated carbocycles. The van der Waals surface area contributed by atoms with Crippen molar-refractivity contribution in [3.8, 4) is 6.07 Å². The minimum Gasteiger partial charge on any atom is -0.350 e. The summed E-state index contributed by atoms with van der Waals surface area (Å²) in [4.78, 5) is 26.2. The van der Waals surface area contributed by atoms with Gasteiger partial charge in [0, 0.05) is 30.7 Å². The van der Waals surface area contributed by atoms with Crippen LogP contribution in [0.1, 0.15) is 31.8 Å². The second-order valence-electron chi connectivity index (χ2n) is 6.17. The smallest absolute Gasteiger partial charge is 0.261 e. The fraction of sp³-hybridized carbons (Fsp3) is 0.150. The van der Waals surface area contributed by atoms with Gasteiger partial charge in [-0.05, 0) is 42.3 Å². The Kier molecular flexibility index (Phi) is 3.40. The zero-order valence-electron chi connectivity index (χ0n) is 13.7. The first kappa shape index (κ1) is 15.2. The Bertz CT molecular complexity index is 1040. The molecular weight excluding hydrogens is 314 g/mol. The number of nitriles is 1. The summed E-state index contributed by atoms with van der Waals surface area (Å²) in [6.07, 6.45) is 2.54. The van der Waals surface area contributed by atoms with Gasteiger partial charge in [-0.2, -0.15) is 5.26 Å². The summed E-state index contributed by atoms with van der Waals surface area (Å²) < 4.78 is 1.99. The molecule has 0 fully saturated rings. The predicted molar refractivity (Wildman–Crippen MR) is 93.1 cm³/mol. The molecule has 0 N–H and O–H groups in total. The quantitative estimate of drug-likeness (QED) is 0.694. The molecule has 2 aromatic carbocycles. The highest BCUT2D eigenvalue weighted by Crippen LogP contribution is 2.25. The largest absolute Gasteiger partial charge is 0.350 e. The lowest BCUT2D eigenvalue weighted by Crippen LogP contribution is -2.31. The molecule has 25 heavy (non-hydrogen) atoms. The van der Waals surface area contributed by atoms with Crippen molar-refractivity contribution < 1.29 is 9.59 Å². The zero-order chi connectivity index (χ0) is 17.6. The summed E-state index contributed by atoms with van der Waals surface area (Å²) in [6.45, 7) is 0.322. The normalized spacial score (nSPS) is 13.4. The van der Waals surface area contributed by atoms with Crippen molar-refractivity contribution in [1.82, 2.24) is 9.47 Å². The van der Waals surface area contributed by atoms with E-state index in [0.29, 0.717) is 29.7 Å². The number of imide groups is 1. The first-order valence-corrected chi connectivity index (χ1v) is 8.03. The van der Waals surface area contributed by atoms with Gasteiger partial charge in [0.05, 0.1) is 22.8 Å². The molecule has 1 aliphatic heterocycles. The molecule has 0 unspecified atom stereocenters. The molecule has 4 rings (SSSR count). The van der Waals surface area contributed by atoms with E-state index in [-0.39, 0.29) is 11.8 Å². The number of fused-ring (bicyclic) bond motifs is 2. The van der Waals surface area contributed by atoms with E-state index in [0.717, 1.165) is 16.5 Å². The summed E-state index contributed by atoms with van der Waals surface area (Å²) in [5, 5.41) is 10.1. The van der Waals surface area contributed by atoms with Crippen molar-refractivity contribution in [2.75, 3.05) is 6.54 Å². The predicted octanol–water partition coefficient (Wildman–Crippen LogP) is 2.89. The molecule has 1 aromatic heterocycles. The van der Waals surface area contributed by atoms with E-state index >= 15 is 0 Å². The molecule has 1 aliphatic rings. The number of carbonyl (C=O) groups is 2. The lowest BCUT2D eigenvalue weighted by Gasteiger charge is -2.13. The topological polar surface area (TPSA) is 66.1 Å². The summed E-state index contributed by atoms with van der Waals surface area (Å²) in [6, 6.07) is 14.6. The average molecular weight is 329 g/mol. The van der Waals surface area contributed by atoms with Gasteiger partial charge in [-0.1, -0.05) is 12.1 Å². The molecule has 0 radical (unpaired) electrons. The van der Waals surface area contributed by atoms with Gasteiger partial charge in [0.25, 0.3) is 11.8 Å². The first-order valence-electron chi connectivity index (χ1n) is 8.03. The fourth-order valence-corrected chi connectivity index (χ4v) is 3.42. The van der Waals surface area contributed by atoms with Crippen molar-refractivity contribution in [2.24, 2.45) is 7.05 Å². The van der Waals surface area contributed by atoms with E-state index < -0.39 is 0 Å². The maximum atomic E-state index is 12.5. The molecule has 2 amide bonds. The van der Waals surface area contributed by atoms with Gasteiger partial charge in [0.2, 0.25) is 0 Å². The van der Waals surface area contributed by atoms with Crippen molar-refractivity contribution in [3.63, 3.8) is 0 Å². The van der Waals surface area contributed by atoms with E-state index in [1.165, 1.54) is 4.90 Å². The molecule has 5 heteroatoms. The number of hydrogen-bond donors (Lipinski definition) is 0. The van der Waals surface area contributed by atoms with Crippen molar-refractivity contribution >= 4 is 22.7 Å². The van der Waals surface area contributed by atoms with Gasteiger partial charge < -0.3 is 4.57 Å². The maximum absolute atomic E-state index is 12.5. The molecular formula is C20H15N3O2. The number of aryl methyl sites for hydroxylation is 1. The highest BCUT2D eigenvalue weighted by Gasteiger charge is 2.34. The second-order valence-corrected chi connectivity index (χ2v) is 6.17.